The number of hydrogen-bond donors (Lipinski definition) is 2. The molecule has 1 heterocycles. The molecule has 2 N–H and O–H groups in total. The molecular weight excluding hydrogens is 357 g/mol. The molecule has 2 aromatic rings. The van der Waals surface area contributed by atoms with Crippen molar-refractivity contribution < 1.29 is 4.79 Å². The van der Waals surface area contributed by atoms with Crippen LogP contribution in [0.15, 0.2) is 36.4 Å². The molecule has 2 aromatic carbocycles. The number of amides is 1. The maximum Gasteiger partial charge on any atom is 0.238 e. The summed E-state index contributed by atoms with van der Waals surface area (Å²) in [5.74, 6) is 0.0954. The van der Waals surface area contributed by atoms with Crippen molar-refractivity contribution in [3.05, 3.63) is 63.1 Å². The zero-order valence-corrected chi connectivity index (χ0v) is 15.8. The van der Waals surface area contributed by atoms with Crippen molar-refractivity contribution in [2.45, 2.75) is 12.5 Å². The summed E-state index contributed by atoms with van der Waals surface area (Å²) in [7, 11) is 3.83. The Balaban J connectivity index is 1.96. The highest BCUT2D eigenvalue weighted by molar-refractivity contribution is 6.35. The maximum absolute atomic E-state index is 11.8. The molecule has 0 aromatic heterocycles. The summed E-state index contributed by atoms with van der Waals surface area (Å²) < 4.78 is 0. The molecule has 0 aliphatic carbocycles. The van der Waals surface area contributed by atoms with Crippen LogP contribution in [0.5, 0.6) is 0 Å². The molecule has 0 bridgehead atoms. The van der Waals surface area contributed by atoms with Gasteiger partial charge in [0.2, 0.25) is 5.91 Å². The van der Waals surface area contributed by atoms with Crippen molar-refractivity contribution >= 4 is 34.8 Å². The third-order valence-corrected chi connectivity index (χ3v) is 4.96. The van der Waals surface area contributed by atoms with Crippen molar-refractivity contribution in [3.8, 4) is 0 Å². The number of nitrogens with one attached hydrogen (secondary N) is 2. The van der Waals surface area contributed by atoms with Gasteiger partial charge in [-0.3, -0.25) is 4.79 Å². The van der Waals surface area contributed by atoms with E-state index in [9.17, 15) is 4.79 Å². The van der Waals surface area contributed by atoms with Gasteiger partial charge in [-0.1, -0.05) is 35.3 Å². The lowest BCUT2D eigenvalue weighted by atomic mass is 9.84. The highest BCUT2D eigenvalue weighted by Crippen LogP contribution is 2.38. The van der Waals surface area contributed by atoms with Crippen LogP contribution in [0, 0.1) is 0 Å². The molecule has 6 heteroatoms. The van der Waals surface area contributed by atoms with Crippen LogP contribution < -0.4 is 10.6 Å². The van der Waals surface area contributed by atoms with Crippen LogP contribution in [0.1, 0.15) is 22.6 Å². The van der Waals surface area contributed by atoms with E-state index in [1.807, 2.05) is 24.3 Å². The summed E-state index contributed by atoms with van der Waals surface area (Å²) in [5, 5.41) is 7.12. The molecule has 1 aliphatic heterocycles. The van der Waals surface area contributed by atoms with Crippen LogP contribution in [-0.4, -0.2) is 38.0 Å². The Kier molecular flexibility index (Phi) is 5.64. The van der Waals surface area contributed by atoms with Crippen LogP contribution in [-0.2, 0) is 11.3 Å². The molecule has 0 radical (unpaired) electrons. The zero-order valence-electron chi connectivity index (χ0n) is 14.3. The number of likely N-dealkylation sites (N-methyl/N-ethyl adjacent to an activating group) is 2. The van der Waals surface area contributed by atoms with Gasteiger partial charge in [0.15, 0.2) is 0 Å². The molecule has 1 amide bonds. The molecule has 4 nitrogen and oxygen atoms in total. The number of halogens is 2. The molecule has 0 saturated carbocycles. The second-order valence-electron chi connectivity index (χ2n) is 6.41. The van der Waals surface area contributed by atoms with Crippen LogP contribution in [0.3, 0.4) is 0 Å². The average molecular weight is 378 g/mol. The summed E-state index contributed by atoms with van der Waals surface area (Å²) in [6.45, 7) is 1.96. The van der Waals surface area contributed by atoms with Crippen LogP contribution in [0.25, 0.3) is 0 Å². The molecule has 1 unspecified atom stereocenters. The van der Waals surface area contributed by atoms with E-state index in [1.54, 1.807) is 13.1 Å². The molecule has 0 fully saturated rings. The van der Waals surface area contributed by atoms with Gasteiger partial charge in [0, 0.05) is 34.7 Å². The second kappa shape index (κ2) is 7.75. The molecule has 0 saturated heterocycles. The molecule has 3 rings (SSSR count). The Bertz CT molecular complexity index is 794. The van der Waals surface area contributed by atoms with Gasteiger partial charge in [0.05, 0.1) is 6.54 Å². The first kappa shape index (κ1) is 18.2. The first-order chi connectivity index (χ1) is 12.0. The average Bonchev–Trinajstić information content (AvgIpc) is 2.55. The van der Waals surface area contributed by atoms with Gasteiger partial charge in [-0.05, 0) is 55.1 Å². The third-order valence-electron chi connectivity index (χ3n) is 4.40. The van der Waals surface area contributed by atoms with E-state index < -0.39 is 0 Å². The quantitative estimate of drug-likeness (QED) is 0.852. The van der Waals surface area contributed by atoms with Crippen molar-refractivity contribution in [1.29, 1.82) is 0 Å². The van der Waals surface area contributed by atoms with E-state index >= 15 is 0 Å². The monoisotopic (exact) mass is 377 g/mol. The number of nitrogens with zero attached hydrogens (tertiary/aromatic N) is 1. The number of benzene rings is 2. The molecule has 0 spiro atoms. The number of carbonyl (C=O) groups is 1. The normalized spacial score (nSPS) is 17.2. The lowest BCUT2D eigenvalue weighted by molar-refractivity contribution is -0.115. The minimum absolute atomic E-state index is 0.0631. The summed E-state index contributed by atoms with van der Waals surface area (Å²) in [4.78, 5) is 14.1. The fourth-order valence-electron chi connectivity index (χ4n) is 3.33. The summed E-state index contributed by atoms with van der Waals surface area (Å²) >= 11 is 12.7. The fourth-order valence-corrected chi connectivity index (χ4v) is 3.90. The van der Waals surface area contributed by atoms with Gasteiger partial charge < -0.3 is 15.5 Å². The predicted octanol–water partition coefficient (Wildman–Crippen LogP) is 3.73. The number of anilines is 1. The standard InChI is InChI=1S/C19H21Cl2N3O/c1-22-9-19(25)23-14-5-3-4-12(6-14)16-10-24(2)11-17-15(16)7-13(20)8-18(17)21/h3-8,16,22H,9-11H2,1-2H3,(H,23,25). The SMILES string of the molecule is CNCC(=O)Nc1cccc(C2CN(C)Cc3c(Cl)cc(Cl)cc32)c1. The Morgan fingerprint density at radius 2 is 2.08 bits per heavy atom. The predicted molar refractivity (Wildman–Crippen MR) is 104 cm³/mol. The maximum atomic E-state index is 11.8. The largest absolute Gasteiger partial charge is 0.325 e. The first-order valence-corrected chi connectivity index (χ1v) is 8.94. The Labute approximate surface area is 158 Å². The van der Waals surface area contributed by atoms with Crippen LogP contribution in [0.4, 0.5) is 5.69 Å². The molecule has 1 aliphatic rings. The minimum Gasteiger partial charge on any atom is -0.325 e. The van der Waals surface area contributed by atoms with Crippen molar-refractivity contribution in [2.75, 3.05) is 32.5 Å². The molecule has 1 atom stereocenters. The molecule has 132 valence electrons. The molecule has 25 heavy (non-hydrogen) atoms. The van der Waals surface area contributed by atoms with E-state index in [-0.39, 0.29) is 18.4 Å². The summed E-state index contributed by atoms with van der Waals surface area (Å²) in [6.07, 6.45) is 0. The first-order valence-electron chi connectivity index (χ1n) is 8.18. The third kappa shape index (κ3) is 4.15. The number of fused-ring (bicyclic) bond motifs is 1. The lowest BCUT2D eigenvalue weighted by Gasteiger charge is -2.33. The Morgan fingerprint density at radius 1 is 1.28 bits per heavy atom. The highest BCUT2D eigenvalue weighted by atomic mass is 35.5. The van der Waals surface area contributed by atoms with Crippen molar-refractivity contribution in [3.63, 3.8) is 0 Å². The van der Waals surface area contributed by atoms with E-state index in [1.165, 1.54) is 0 Å². The van der Waals surface area contributed by atoms with E-state index in [4.69, 9.17) is 23.2 Å². The van der Waals surface area contributed by atoms with Gasteiger partial charge in [-0.25, -0.2) is 0 Å². The second-order valence-corrected chi connectivity index (χ2v) is 7.25. The lowest BCUT2D eigenvalue weighted by Crippen LogP contribution is -2.31. The van der Waals surface area contributed by atoms with Gasteiger partial charge in [-0.15, -0.1) is 0 Å². The van der Waals surface area contributed by atoms with Crippen molar-refractivity contribution in [1.82, 2.24) is 10.2 Å². The smallest absolute Gasteiger partial charge is 0.238 e. The van der Waals surface area contributed by atoms with Crippen molar-refractivity contribution in [2.24, 2.45) is 0 Å². The topological polar surface area (TPSA) is 44.4 Å². The van der Waals surface area contributed by atoms with E-state index in [0.29, 0.717) is 10.0 Å². The highest BCUT2D eigenvalue weighted by Gasteiger charge is 2.27. The van der Waals surface area contributed by atoms with Gasteiger partial charge in [0.1, 0.15) is 0 Å². The van der Waals surface area contributed by atoms with E-state index in [0.717, 1.165) is 35.5 Å². The van der Waals surface area contributed by atoms with Crippen LogP contribution in [0.2, 0.25) is 10.0 Å². The minimum atomic E-state index is -0.0631. The van der Waals surface area contributed by atoms with Gasteiger partial charge >= 0.3 is 0 Å². The number of carbonyl (C=O) groups excluding carboxylic acids is 1. The Morgan fingerprint density at radius 3 is 2.84 bits per heavy atom. The zero-order chi connectivity index (χ0) is 18.0. The number of rotatable bonds is 4. The summed E-state index contributed by atoms with van der Waals surface area (Å²) in [5.41, 5.74) is 4.21. The summed E-state index contributed by atoms with van der Waals surface area (Å²) in [6, 6.07) is 11.8. The van der Waals surface area contributed by atoms with Crippen LogP contribution >= 0.6 is 23.2 Å². The number of hydrogen-bond acceptors (Lipinski definition) is 3. The van der Waals surface area contributed by atoms with Gasteiger partial charge in [-0.2, -0.15) is 0 Å². The van der Waals surface area contributed by atoms with Gasteiger partial charge in [0.25, 0.3) is 0 Å². The fraction of sp³-hybridized carbons (Fsp3) is 0.316. The Hall–Kier alpha value is -1.59. The van der Waals surface area contributed by atoms with E-state index in [2.05, 4.69) is 28.6 Å². The molecular formula is C19H21Cl2N3O.